The lowest BCUT2D eigenvalue weighted by Gasteiger charge is -2.61. The second-order valence-corrected chi connectivity index (χ2v) is 12.9. The number of hydrogen-bond donors (Lipinski definition) is 2. The van der Waals surface area contributed by atoms with Crippen molar-refractivity contribution in [3.8, 4) is 17.2 Å². The highest BCUT2D eigenvalue weighted by Crippen LogP contribution is 2.61. The SMILES string of the molecule is C/C=C(\C)[C@@H](OC(C)=O)[C@@H](C)c1cc(OC)c2c(c1OC)O[C@]1(C)CC[C@H]3O[C@@H](C(C)(C)O)C[C@H](O)[C@]3(C)[C@H]1C2=O. The molecule has 2 N–H and O–H groups in total. The van der Waals surface area contributed by atoms with E-state index in [0.29, 0.717) is 35.7 Å². The molecule has 41 heavy (non-hydrogen) atoms. The summed E-state index contributed by atoms with van der Waals surface area (Å²) in [6.45, 7) is 14.2. The zero-order valence-electron chi connectivity index (χ0n) is 26.0. The molecule has 0 spiro atoms. The maximum Gasteiger partial charge on any atom is 0.303 e. The Morgan fingerprint density at radius 1 is 1.22 bits per heavy atom. The van der Waals surface area contributed by atoms with Gasteiger partial charge in [-0.25, -0.2) is 0 Å². The summed E-state index contributed by atoms with van der Waals surface area (Å²) in [5.74, 6) is -0.702. The Labute approximate surface area is 243 Å². The van der Waals surface area contributed by atoms with Gasteiger partial charge in [0.25, 0.3) is 0 Å². The van der Waals surface area contributed by atoms with Gasteiger partial charge in [-0.1, -0.05) is 19.9 Å². The Hall–Kier alpha value is -2.62. The highest BCUT2D eigenvalue weighted by Gasteiger charge is 2.66. The Morgan fingerprint density at radius 2 is 1.88 bits per heavy atom. The number of methoxy groups -OCH3 is 2. The van der Waals surface area contributed by atoms with Crippen molar-refractivity contribution < 1.29 is 43.5 Å². The van der Waals surface area contributed by atoms with Gasteiger partial charge in [0.1, 0.15) is 23.0 Å². The van der Waals surface area contributed by atoms with E-state index in [0.717, 1.165) is 5.57 Å². The second kappa shape index (κ2) is 10.9. The fraction of sp³-hybridized carbons (Fsp3) is 0.688. The molecule has 0 unspecified atom stereocenters. The first-order chi connectivity index (χ1) is 19.0. The van der Waals surface area contributed by atoms with E-state index in [-0.39, 0.29) is 23.7 Å². The molecule has 2 fully saturated rings. The van der Waals surface area contributed by atoms with E-state index in [9.17, 15) is 19.8 Å². The zero-order chi connectivity index (χ0) is 30.7. The first kappa shape index (κ1) is 31.3. The average molecular weight is 575 g/mol. The van der Waals surface area contributed by atoms with Crippen molar-refractivity contribution in [3.63, 3.8) is 0 Å². The molecule has 228 valence electrons. The van der Waals surface area contributed by atoms with Crippen molar-refractivity contribution in [1.82, 2.24) is 0 Å². The van der Waals surface area contributed by atoms with Crippen molar-refractivity contribution in [3.05, 3.63) is 28.8 Å². The Kier molecular flexibility index (Phi) is 8.32. The number of carbonyl (C=O) groups is 2. The summed E-state index contributed by atoms with van der Waals surface area (Å²) < 4.78 is 30.6. The minimum Gasteiger partial charge on any atom is -0.496 e. The lowest BCUT2D eigenvalue weighted by Crippen LogP contribution is -2.69. The Morgan fingerprint density at radius 3 is 2.41 bits per heavy atom. The zero-order valence-corrected chi connectivity index (χ0v) is 26.0. The van der Waals surface area contributed by atoms with Crippen molar-refractivity contribution in [1.29, 1.82) is 0 Å². The molecule has 0 bridgehead atoms. The number of esters is 1. The lowest BCUT2D eigenvalue weighted by molar-refractivity contribution is -0.263. The third-order valence-electron chi connectivity index (χ3n) is 9.74. The molecular weight excluding hydrogens is 528 g/mol. The highest BCUT2D eigenvalue weighted by atomic mass is 16.5. The topological polar surface area (TPSA) is 121 Å². The fourth-order valence-corrected chi connectivity index (χ4v) is 7.32. The molecule has 1 aliphatic carbocycles. The van der Waals surface area contributed by atoms with Crippen LogP contribution >= 0.6 is 0 Å². The second-order valence-electron chi connectivity index (χ2n) is 12.9. The summed E-state index contributed by atoms with van der Waals surface area (Å²) in [5.41, 5.74) is -1.25. The predicted octanol–water partition coefficient (Wildman–Crippen LogP) is 4.74. The summed E-state index contributed by atoms with van der Waals surface area (Å²) >= 11 is 0. The van der Waals surface area contributed by atoms with Crippen LogP contribution in [0.2, 0.25) is 0 Å². The molecule has 0 radical (unpaired) electrons. The van der Waals surface area contributed by atoms with Gasteiger partial charge in [0.15, 0.2) is 17.3 Å². The van der Waals surface area contributed by atoms with Gasteiger partial charge in [-0.05, 0) is 59.1 Å². The van der Waals surface area contributed by atoms with E-state index in [4.69, 9.17) is 23.7 Å². The van der Waals surface area contributed by atoms with Crippen LogP contribution in [0.25, 0.3) is 0 Å². The van der Waals surface area contributed by atoms with Gasteiger partial charge >= 0.3 is 5.97 Å². The highest BCUT2D eigenvalue weighted by molar-refractivity contribution is 6.06. The molecule has 1 aromatic rings. The number of aliphatic hydroxyl groups excluding tert-OH is 1. The molecule has 0 amide bonds. The minimum absolute atomic E-state index is 0.196. The molecular formula is C32H46O9. The van der Waals surface area contributed by atoms with Crippen LogP contribution < -0.4 is 14.2 Å². The number of allylic oxidation sites excluding steroid dienone is 1. The third-order valence-corrected chi connectivity index (χ3v) is 9.74. The molecule has 9 heteroatoms. The van der Waals surface area contributed by atoms with Gasteiger partial charge in [-0.2, -0.15) is 0 Å². The van der Waals surface area contributed by atoms with E-state index < -0.39 is 52.9 Å². The number of fused-ring (bicyclic) bond motifs is 4. The number of rotatable bonds is 7. The van der Waals surface area contributed by atoms with Crippen LogP contribution in [0.15, 0.2) is 17.7 Å². The van der Waals surface area contributed by atoms with Crippen LogP contribution in [-0.4, -0.2) is 71.8 Å². The van der Waals surface area contributed by atoms with Gasteiger partial charge in [-0.15, -0.1) is 0 Å². The standard InChI is InChI=1S/C32H46O9/c1-11-16(2)26(39-18(4)33)17(3)19-14-20(37-9)24-25(35)29-31(7,41-28(24)27(19)38-10)13-12-22-32(29,8)21(34)15-23(40-22)30(5,6)36/h11,14,17,21-23,26,29,34,36H,12-13,15H2,1-10H3/b16-11+/t17-,21-,22+,23+,26+,29-,31+,32-/m0/s1. The number of carbonyl (C=O) groups excluding carboxylic acids is 2. The summed E-state index contributed by atoms with van der Waals surface area (Å²) in [6.07, 6.45) is 0.653. The maximum absolute atomic E-state index is 14.6. The molecule has 4 rings (SSSR count). The number of ether oxygens (including phenoxy) is 5. The van der Waals surface area contributed by atoms with Crippen LogP contribution in [0.3, 0.4) is 0 Å². The average Bonchev–Trinajstić information content (AvgIpc) is 2.89. The largest absolute Gasteiger partial charge is 0.496 e. The Balaban J connectivity index is 1.86. The number of benzene rings is 1. The van der Waals surface area contributed by atoms with Crippen LogP contribution in [0.1, 0.15) is 96.5 Å². The van der Waals surface area contributed by atoms with Crippen molar-refractivity contribution in [2.45, 2.75) is 116 Å². The van der Waals surface area contributed by atoms with Crippen molar-refractivity contribution in [2.24, 2.45) is 11.3 Å². The smallest absolute Gasteiger partial charge is 0.303 e. The molecule has 3 aliphatic rings. The van der Waals surface area contributed by atoms with Gasteiger partial charge in [-0.3, -0.25) is 9.59 Å². The fourth-order valence-electron chi connectivity index (χ4n) is 7.32. The molecule has 9 nitrogen and oxygen atoms in total. The number of Topliss-reactive ketones (excluding diaryl/α,β-unsaturated/α-hetero) is 1. The first-order valence-electron chi connectivity index (χ1n) is 14.4. The molecule has 2 heterocycles. The predicted molar refractivity (Wildman–Crippen MR) is 153 cm³/mol. The summed E-state index contributed by atoms with van der Waals surface area (Å²) in [7, 11) is 3.02. The summed E-state index contributed by atoms with van der Waals surface area (Å²) in [4.78, 5) is 26.6. The quantitative estimate of drug-likeness (QED) is 0.351. The normalized spacial score (nSPS) is 33.0. The van der Waals surface area contributed by atoms with Gasteiger partial charge in [0.2, 0.25) is 0 Å². The monoisotopic (exact) mass is 574 g/mol. The van der Waals surface area contributed by atoms with Crippen LogP contribution in [0.5, 0.6) is 17.2 Å². The lowest BCUT2D eigenvalue weighted by atomic mass is 9.52. The van der Waals surface area contributed by atoms with Crippen LogP contribution in [0.4, 0.5) is 0 Å². The van der Waals surface area contributed by atoms with E-state index >= 15 is 0 Å². The first-order valence-corrected chi connectivity index (χ1v) is 14.4. The summed E-state index contributed by atoms with van der Waals surface area (Å²) in [6, 6.07) is 1.76. The maximum atomic E-state index is 14.6. The van der Waals surface area contributed by atoms with E-state index in [1.54, 1.807) is 19.9 Å². The molecule has 1 saturated heterocycles. The van der Waals surface area contributed by atoms with Gasteiger partial charge in [0, 0.05) is 30.2 Å². The van der Waals surface area contributed by atoms with Gasteiger partial charge < -0.3 is 33.9 Å². The summed E-state index contributed by atoms with van der Waals surface area (Å²) in [5, 5.41) is 22.2. The van der Waals surface area contributed by atoms with Crippen LogP contribution in [-0.2, 0) is 14.3 Å². The molecule has 1 aromatic carbocycles. The molecule has 0 aromatic heterocycles. The minimum atomic E-state index is -1.14. The van der Waals surface area contributed by atoms with Crippen molar-refractivity contribution in [2.75, 3.05) is 14.2 Å². The molecule has 2 aliphatic heterocycles. The molecule has 1 saturated carbocycles. The number of aliphatic hydroxyl groups is 2. The third kappa shape index (κ3) is 5.04. The number of hydrogen-bond acceptors (Lipinski definition) is 9. The van der Waals surface area contributed by atoms with Crippen LogP contribution in [0, 0.1) is 11.3 Å². The van der Waals surface area contributed by atoms with E-state index in [2.05, 4.69) is 0 Å². The Bertz CT molecular complexity index is 1230. The molecule has 8 atom stereocenters. The van der Waals surface area contributed by atoms with E-state index in [1.165, 1.54) is 21.1 Å². The van der Waals surface area contributed by atoms with E-state index in [1.807, 2.05) is 40.7 Å². The van der Waals surface area contributed by atoms with Crippen molar-refractivity contribution >= 4 is 11.8 Å². The number of ketones is 1. The van der Waals surface area contributed by atoms with Gasteiger partial charge in [0.05, 0.1) is 44.1 Å².